The SMILES string of the molecule is CCn1nc(C)c(Cl)c1CNCCC1CCCC(C)C1. The van der Waals surface area contributed by atoms with E-state index in [9.17, 15) is 0 Å². The number of rotatable bonds is 6. The van der Waals surface area contributed by atoms with Crippen LogP contribution in [0.5, 0.6) is 0 Å². The van der Waals surface area contributed by atoms with Gasteiger partial charge in [-0.25, -0.2) is 0 Å². The number of hydrogen-bond donors (Lipinski definition) is 1. The Hall–Kier alpha value is -0.540. The van der Waals surface area contributed by atoms with E-state index in [1.54, 1.807) is 0 Å². The zero-order chi connectivity index (χ0) is 14.5. The van der Waals surface area contributed by atoms with Gasteiger partial charge in [0.15, 0.2) is 0 Å². The predicted molar refractivity (Wildman–Crippen MR) is 85.1 cm³/mol. The summed E-state index contributed by atoms with van der Waals surface area (Å²) in [6.07, 6.45) is 6.96. The maximum Gasteiger partial charge on any atom is 0.0860 e. The van der Waals surface area contributed by atoms with Crippen LogP contribution < -0.4 is 5.32 Å². The minimum absolute atomic E-state index is 0.825. The van der Waals surface area contributed by atoms with Gasteiger partial charge in [-0.15, -0.1) is 0 Å². The van der Waals surface area contributed by atoms with Crippen LogP contribution in [-0.4, -0.2) is 16.3 Å². The van der Waals surface area contributed by atoms with E-state index >= 15 is 0 Å². The summed E-state index contributed by atoms with van der Waals surface area (Å²) in [5, 5.41) is 8.82. The lowest BCUT2D eigenvalue weighted by Gasteiger charge is -2.26. The van der Waals surface area contributed by atoms with Crippen molar-refractivity contribution in [2.45, 2.75) is 66.0 Å². The standard InChI is InChI=1S/C16H28ClN3/c1-4-20-15(16(17)13(3)19-20)11-18-9-8-14-7-5-6-12(2)10-14/h12,14,18H,4-11H2,1-3H3. The molecular formula is C16H28ClN3. The Morgan fingerprint density at radius 2 is 2.20 bits per heavy atom. The van der Waals surface area contributed by atoms with Gasteiger partial charge in [-0.2, -0.15) is 5.10 Å². The van der Waals surface area contributed by atoms with Crippen molar-refractivity contribution in [3.63, 3.8) is 0 Å². The van der Waals surface area contributed by atoms with Crippen molar-refractivity contribution in [1.29, 1.82) is 0 Å². The van der Waals surface area contributed by atoms with Crippen LogP contribution in [0.25, 0.3) is 0 Å². The van der Waals surface area contributed by atoms with Crippen LogP contribution in [0.2, 0.25) is 5.02 Å². The number of aryl methyl sites for hydroxylation is 2. The van der Waals surface area contributed by atoms with Crippen LogP contribution in [0.1, 0.15) is 57.3 Å². The normalized spacial score (nSPS) is 23.2. The lowest BCUT2D eigenvalue weighted by Crippen LogP contribution is -2.22. The monoisotopic (exact) mass is 297 g/mol. The van der Waals surface area contributed by atoms with Crippen molar-refractivity contribution in [3.8, 4) is 0 Å². The first kappa shape index (κ1) is 15.8. The van der Waals surface area contributed by atoms with E-state index in [0.717, 1.165) is 47.9 Å². The molecule has 0 spiro atoms. The van der Waals surface area contributed by atoms with Gasteiger partial charge >= 0.3 is 0 Å². The quantitative estimate of drug-likeness (QED) is 0.799. The average Bonchev–Trinajstić information content (AvgIpc) is 2.71. The van der Waals surface area contributed by atoms with Crippen molar-refractivity contribution in [1.82, 2.24) is 15.1 Å². The van der Waals surface area contributed by atoms with Crippen molar-refractivity contribution in [3.05, 3.63) is 16.4 Å². The van der Waals surface area contributed by atoms with Gasteiger partial charge in [-0.3, -0.25) is 4.68 Å². The Morgan fingerprint density at radius 3 is 2.90 bits per heavy atom. The highest BCUT2D eigenvalue weighted by atomic mass is 35.5. The average molecular weight is 298 g/mol. The van der Waals surface area contributed by atoms with E-state index in [0.29, 0.717) is 0 Å². The van der Waals surface area contributed by atoms with E-state index in [1.807, 2.05) is 11.6 Å². The Bertz CT molecular complexity index is 428. The molecule has 4 heteroatoms. The molecule has 1 heterocycles. The highest BCUT2D eigenvalue weighted by molar-refractivity contribution is 6.31. The van der Waals surface area contributed by atoms with Crippen LogP contribution in [0, 0.1) is 18.8 Å². The van der Waals surface area contributed by atoms with E-state index in [2.05, 4.69) is 24.3 Å². The second-order valence-electron chi connectivity index (χ2n) is 6.27. The van der Waals surface area contributed by atoms with E-state index in [1.165, 1.54) is 32.1 Å². The first-order valence-corrected chi connectivity index (χ1v) is 8.42. The molecular weight excluding hydrogens is 270 g/mol. The highest BCUT2D eigenvalue weighted by Crippen LogP contribution is 2.30. The number of nitrogens with zero attached hydrogens (tertiary/aromatic N) is 2. The molecule has 1 fully saturated rings. The fourth-order valence-electron chi connectivity index (χ4n) is 3.37. The molecule has 0 aromatic carbocycles. The third-order valence-corrected chi connectivity index (χ3v) is 5.01. The molecule has 0 aliphatic heterocycles. The fraction of sp³-hybridized carbons (Fsp3) is 0.812. The number of aromatic nitrogens is 2. The molecule has 1 aliphatic carbocycles. The molecule has 1 saturated carbocycles. The van der Waals surface area contributed by atoms with Gasteiger partial charge in [0.2, 0.25) is 0 Å². The first-order valence-electron chi connectivity index (χ1n) is 8.04. The van der Waals surface area contributed by atoms with Crippen LogP contribution >= 0.6 is 11.6 Å². The minimum Gasteiger partial charge on any atom is -0.311 e. The molecule has 20 heavy (non-hydrogen) atoms. The first-order chi connectivity index (χ1) is 9.61. The third kappa shape index (κ3) is 3.98. The molecule has 3 nitrogen and oxygen atoms in total. The maximum atomic E-state index is 6.32. The van der Waals surface area contributed by atoms with Gasteiger partial charge in [0.25, 0.3) is 0 Å². The molecule has 1 aromatic heterocycles. The molecule has 0 saturated heterocycles. The van der Waals surface area contributed by atoms with Crippen molar-refractivity contribution in [2.75, 3.05) is 6.54 Å². The van der Waals surface area contributed by atoms with E-state index in [-0.39, 0.29) is 0 Å². The van der Waals surface area contributed by atoms with E-state index in [4.69, 9.17) is 11.6 Å². The highest BCUT2D eigenvalue weighted by Gasteiger charge is 2.18. The summed E-state index contributed by atoms with van der Waals surface area (Å²) in [6.45, 7) is 9.27. The summed E-state index contributed by atoms with van der Waals surface area (Å²) in [4.78, 5) is 0. The number of nitrogens with one attached hydrogen (secondary N) is 1. The summed E-state index contributed by atoms with van der Waals surface area (Å²) in [7, 11) is 0. The molecule has 114 valence electrons. The molecule has 1 aliphatic rings. The smallest absolute Gasteiger partial charge is 0.0860 e. The van der Waals surface area contributed by atoms with Crippen molar-refractivity contribution in [2.24, 2.45) is 11.8 Å². The summed E-state index contributed by atoms with van der Waals surface area (Å²) in [6, 6.07) is 0. The summed E-state index contributed by atoms with van der Waals surface area (Å²) in [5.41, 5.74) is 2.06. The second-order valence-corrected chi connectivity index (χ2v) is 6.64. The van der Waals surface area contributed by atoms with Crippen molar-refractivity contribution >= 4 is 11.6 Å². The van der Waals surface area contributed by atoms with Gasteiger partial charge in [0.1, 0.15) is 0 Å². The largest absolute Gasteiger partial charge is 0.311 e. The molecule has 2 rings (SSSR count). The van der Waals surface area contributed by atoms with Gasteiger partial charge in [-0.1, -0.05) is 37.8 Å². The molecule has 2 unspecified atom stereocenters. The zero-order valence-corrected chi connectivity index (χ0v) is 13.8. The third-order valence-electron chi connectivity index (χ3n) is 4.52. The predicted octanol–water partition coefficient (Wildman–Crippen LogP) is 4.17. The van der Waals surface area contributed by atoms with Crippen LogP contribution in [0.15, 0.2) is 0 Å². The molecule has 1 aromatic rings. The Morgan fingerprint density at radius 1 is 1.40 bits per heavy atom. The summed E-state index contributed by atoms with van der Waals surface area (Å²) < 4.78 is 2.01. The van der Waals surface area contributed by atoms with Gasteiger partial charge in [0, 0.05) is 13.1 Å². The summed E-state index contributed by atoms with van der Waals surface area (Å²) in [5.74, 6) is 1.84. The summed E-state index contributed by atoms with van der Waals surface area (Å²) >= 11 is 6.32. The van der Waals surface area contributed by atoms with Gasteiger partial charge < -0.3 is 5.32 Å². The number of halogens is 1. The Balaban J connectivity index is 1.76. The van der Waals surface area contributed by atoms with Gasteiger partial charge in [0.05, 0.1) is 16.4 Å². The molecule has 0 bridgehead atoms. The number of hydrogen-bond acceptors (Lipinski definition) is 2. The Labute approximate surface area is 128 Å². The molecule has 0 amide bonds. The lowest BCUT2D eigenvalue weighted by atomic mass is 9.81. The van der Waals surface area contributed by atoms with Crippen LogP contribution in [0.4, 0.5) is 0 Å². The van der Waals surface area contributed by atoms with Crippen LogP contribution in [0.3, 0.4) is 0 Å². The molecule has 1 N–H and O–H groups in total. The van der Waals surface area contributed by atoms with Crippen LogP contribution in [-0.2, 0) is 13.1 Å². The van der Waals surface area contributed by atoms with E-state index < -0.39 is 0 Å². The van der Waals surface area contributed by atoms with Gasteiger partial charge in [-0.05, 0) is 45.1 Å². The maximum absolute atomic E-state index is 6.32. The Kier molecular flexibility index (Phi) is 5.91. The second kappa shape index (κ2) is 7.46. The minimum atomic E-state index is 0.825. The zero-order valence-electron chi connectivity index (χ0n) is 13.1. The molecule has 0 radical (unpaired) electrons. The topological polar surface area (TPSA) is 29.9 Å². The molecule has 2 atom stereocenters. The van der Waals surface area contributed by atoms with Crippen molar-refractivity contribution < 1.29 is 0 Å². The fourth-order valence-corrected chi connectivity index (χ4v) is 3.57. The lowest BCUT2D eigenvalue weighted by molar-refractivity contribution is 0.267.